The summed E-state index contributed by atoms with van der Waals surface area (Å²) < 4.78 is 5.50. The van der Waals surface area contributed by atoms with Gasteiger partial charge < -0.3 is 4.74 Å². The maximum atomic E-state index is 12.3. The van der Waals surface area contributed by atoms with Crippen LogP contribution in [0.15, 0.2) is 36.8 Å². The third kappa shape index (κ3) is 3.29. The third-order valence-corrected chi connectivity index (χ3v) is 2.63. The summed E-state index contributed by atoms with van der Waals surface area (Å²) in [5.74, 6) is 0.278. The number of halogens is 1. The molecule has 2 rings (SSSR count). The molecule has 19 heavy (non-hydrogen) atoms. The Labute approximate surface area is 116 Å². The number of aromatic nitrogens is 2. The van der Waals surface area contributed by atoms with Crippen molar-refractivity contribution in [2.75, 3.05) is 0 Å². The van der Waals surface area contributed by atoms with Gasteiger partial charge in [-0.3, -0.25) is 14.8 Å². The first-order chi connectivity index (χ1) is 9.08. The lowest BCUT2D eigenvalue weighted by molar-refractivity contribution is 0.103. The molecule has 0 unspecified atom stereocenters. The molecule has 0 saturated carbocycles. The average molecular weight is 277 g/mol. The van der Waals surface area contributed by atoms with E-state index in [-0.39, 0.29) is 17.6 Å². The van der Waals surface area contributed by atoms with E-state index < -0.39 is 0 Å². The topological polar surface area (TPSA) is 52.1 Å². The molecule has 0 spiro atoms. The molecular formula is C14H13ClN2O2. The van der Waals surface area contributed by atoms with Crippen LogP contribution in [0, 0.1) is 0 Å². The number of hydrogen-bond acceptors (Lipinski definition) is 4. The van der Waals surface area contributed by atoms with Gasteiger partial charge in [0.2, 0.25) is 5.78 Å². The summed E-state index contributed by atoms with van der Waals surface area (Å²) in [6, 6.07) is 4.94. The van der Waals surface area contributed by atoms with E-state index in [1.807, 2.05) is 13.8 Å². The summed E-state index contributed by atoms with van der Waals surface area (Å²) in [6.45, 7) is 3.81. The fourth-order valence-corrected chi connectivity index (χ4v) is 1.78. The van der Waals surface area contributed by atoms with Crippen LogP contribution >= 0.6 is 11.6 Å². The van der Waals surface area contributed by atoms with Gasteiger partial charge in [-0.15, -0.1) is 0 Å². The Bertz CT molecular complexity index is 600. The minimum Gasteiger partial charge on any atom is -0.489 e. The van der Waals surface area contributed by atoms with E-state index in [0.717, 1.165) is 0 Å². The van der Waals surface area contributed by atoms with Gasteiger partial charge >= 0.3 is 0 Å². The van der Waals surface area contributed by atoms with Crippen molar-refractivity contribution in [3.63, 3.8) is 0 Å². The highest BCUT2D eigenvalue weighted by Crippen LogP contribution is 2.19. The Morgan fingerprint density at radius 1 is 1.37 bits per heavy atom. The minimum atomic E-state index is -0.271. The fourth-order valence-electron chi connectivity index (χ4n) is 1.57. The van der Waals surface area contributed by atoms with E-state index in [1.165, 1.54) is 12.4 Å². The molecule has 0 atom stereocenters. The molecule has 2 heterocycles. The van der Waals surface area contributed by atoms with Crippen molar-refractivity contribution in [3.05, 3.63) is 53.1 Å². The minimum absolute atomic E-state index is 0.0191. The lowest BCUT2D eigenvalue weighted by Gasteiger charge is -2.10. The van der Waals surface area contributed by atoms with Gasteiger partial charge in [0.15, 0.2) is 0 Å². The molecule has 0 amide bonds. The van der Waals surface area contributed by atoms with Gasteiger partial charge in [0, 0.05) is 18.0 Å². The van der Waals surface area contributed by atoms with Crippen LogP contribution in [0.2, 0.25) is 5.02 Å². The Morgan fingerprint density at radius 2 is 2.16 bits per heavy atom. The SMILES string of the molecule is CC(C)Oc1cncc(C(=O)c2ncccc2Cl)c1. The van der Waals surface area contributed by atoms with Gasteiger partial charge in [0.1, 0.15) is 11.4 Å². The molecular weight excluding hydrogens is 264 g/mol. The van der Waals surface area contributed by atoms with E-state index in [0.29, 0.717) is 16.3 Å². The number of hydrogen-bond donors (Lipinski definition) is 0. The maximum Gasteiger partial charge on any atom is 0.214 e. The van der Waals surface area contributed by atoms with E-state index in [2.05, 4.69) is 9.97 Å². The zero-order valence-corrected chi connectivity index (χ0v) is 11.4. The Morgan fingerprint density at radius 3 is 2.84 bits per heavy atom. The molecule has 0 aliphatic rings. The molecule has 98 valence electrons. The molecule has 4 nitrogen and oxygen atoms in total. The highest BCUT2D eigenvalue weighted by atomic mass is 35.5. The second-order valence-corrected chi connectivity index (χ2v) is 4.65. The first kappa shape index (κ1) is 13.5. The molecule has 5 heteroatoms. The number of ether oxygens (including phenoxy) is 1. The van der Waals surface area contributed by atoms with Crippen LogP contribution in [-0.4, -0.2) is 21.9 Å². The molecule has 2 aromatic heterocycles. The summed E-state index contributed by atoms with van der Waals surface area (Å²) in [5.41, 5.74) is 0.617. The first-order valence-corrected chi connectivity index (χ1v) is 6.22. The van der Waals surface area contributed by atoms with Crippen molar-refractivity contribution in [2.45, 2.75) is 20.0 Å². The monoisotopic (exact) mass is 276 g/mol. The Balaban J connectivity index is 2.32. The Kier molecular flexibility index (Phi) is 4.12. The fraction of sp³-hybridized carbons (Fsp3) is 0.214. The van der Waals surface area contributed by atoms with Crippen LogP contribution in [0.4, 0.5) is 0 Å². The van der Waals surface area contributed by atoms with Crippen molar-refractivity contribution in [2.24, 2.45) is 0 Å². The van der Waals surface area contributed by atoms with Crippen molar-refractivity contribution >= 4 is 17.4 Å². The van der Waals surface area contributed by atoms with Crippen LogP contribution in [0.1, 0.15) is 29.9 Å². The predicted octanol–water partition coefficient (Wildman–Crippen LogP) is 3.15. The maximum absolute atomic E-state index is 12.3. The lowest BCUT2D eigenvalue weighted by atomic mass is 10.1. The largest absolute Gasteiger partial charge is 0.489 e. The zero-order valence-electron chi connectivity index (χ0n) is 10.6. The van der Waals surface area contributed by atoms with E-state index in [9.17, 15) is 4.79 Å². The predicted molar refractivity (Wildman–Crippen MR) is 72.7 cm³/mol. The first-order valence-electron chi connectivity index (χ1n) is 5.85. The smallest absolute Gasteiger partial charge is 0.214 e. The summed E-state index contributed by atoms with van der Waals surface area (Å²) >= 11 is 5.96. The summed E-state index contributed by atoms with van der Waals surface area (Å²) in [4.78, 5) is 20.3. The molecule has 0 aliphatic heterocycles. The average Bonchev–Trinajstić information content (AvgIpc) is 2.38. The highest BCUT2D eigenvalue weighted by Gasteiger charge is 2.15. The zero-order chi connectivity index (χ0) is 13.8. The van der Waals surface area contributed by atoms with E-state index in [4.69, 9.17) is 16.3 Å². The van der Waals surface area contributed by atoms with E-state index in [1.54, 1.807) is 24.4 Å². The van der Waals surface area contributed by atoms with Gasteiger partial charge in [0.25, 0.3) is 0 Å². The van der Waals surface area contributed by atoms with Crippen molar-refractivity contribution in [1.82, 2.24) is 9.97 Å². The number of ketones is 1. The molecule has 0 N–H and O–H groups in total. The molecule has 2 aromatic rings. The molecule has 0 saturated heterocycles. The normalized spacial score (nSPS) is 10.5. The van der Waals surface area contributed by atoms with Crippen LogP contribution in [0.3, 0.4) is 0 Å². The van der Waals surface area contributed by atoms with Crippen LogP contribution in [0.5, 0.6) is 5.75 Å². The van der Waals surface area contributed by atoms with Gasteiger partial charge in [-0.05, 0) is 32.0 Å². The lowest BCUT2D eigenvalue weighted by Crippen LogP contribution is -2.09. The van der Waals surface area contributed by atoms with Crippen LogP contribution < -0.4 is 4.74 Å². The Hall–Kier alpha value is -1.94. The second kappa shape index (κ2) is 5.80. The van der Waals surface area contributed by atoms with Gasteiger partial charge in [0.05, 0.1) is 17.3 Å². The molecule has 0 bridgehead atoms. The molecule has 0 fully saturated rings. The van der Waals surface area contributed by atoms with Crippen molar-refractivity contribution in [1.29, 1.82) is 0 Å². The van der Waals surface area contributed by atoms with Gasteiger partial charge in [-0.2, -0.15) is 0 Å². The van der Waals surface area contributed by atoms with Crippen LogP contribution in [-0.2, 0) is 0 Å². The second-order valence-electron chi connectivity index (χ2n) is 4.24. The van der Waals surface area contributed by atoms with Crippen LogP contribution in [0.25, 0.3) is 0 Å². The number of pyridine rings is 2. The standard InChI is InChI=1S/C14H13ClN2O2/c1-9(2)19-11-6-10(7-16-8-11)14(18)13-12(15)4-3-5-17-13/h3-9H,1-2H3. The van der Waals surface area contributed by atoms with Gasteiger partial charge in [-0.25, -0.2) is 0 Å². The summed E-state index contributed by atoms with van der Waals surface area (Å²) in [5, 5.41) is 0.322. The molecule has 0 aromatic carbocycles. The third-order valence-electron chi connectivity index (χ3n) is 2.32. The number of nitrogens with zero attached hydrogens (tertiary/aromatic N) is 2. The summed E-state index contributed by atoms with van der Waals surface area (Å²) in [6.07, 6.45) is 4.59. The number of carbonyl (C=O) groups is 1. The highest BCUT2D eigenvalue weighted by molar-refractivity contribution is 6.34. The van der Waals surface area contributed by atoms with E-state index >= 15 is 0 Å². The molecule has 0 aliphatic carbocycles. The number of carbonyl (C=O) groups excluding carboxylic acids is 1. The van der Waals surface area contributed by atoms with Crippen molar-refractivity contribution < 1.29 is 9.53 Å². The quantitative estimate of drug-likeness (QED) is 0.805. The van der Waals surface area contributed by atoms with Gasteiger partial charge in [-0.1, -0.05) is 11.6 Å². The molecule has 0 radical (unpaired) electrons. The summed E-state index contributed by atoms with van der Waals surface area (Å²) in [7, 11) is 0. The number of rotatable bonds is 4. The van der Waals surface area contributed by atoms with Crippen molar-refractivity contribution in [3.8, 4) is 5.75 Å².